The molecule has 0 aromatic heterocycles. The van der Waals surface area contributed by atoms with E-state index in [0.717, 1.165) is 6.42 Å². The van der Waals surface area contributed by atoms with Gasteiger partial charge >= 0.3 is 0 Å². The summed E-state index contributed by atoms with van der Waals surface area (Å²) in [4.78, 5) is 25.6. The van der Waals surface area contributed by atoms with Gasteiger partial charge in [0.2, 0.25) is 11.8 Å². The summed E-state index contributed by atoms with van der Waals surface area (Å²) in [6, 6.07) is 0. The lowest BCUT2D eigenvalue weighted by atomic mass is 9.87. The Kier molecular flexibility index (Phi) is 18.8. The molecule has 4 N–H and O–H groups in total. The van der Waals surface area contributed by atoms with E-state index in [-0.39, 0.29) is 34.3 Å². The Labute approximate surface area is 247 Å². The van der Waals surface area contributed by atoms with Crippen molar-refractivity contribution in [1.82, 2.24) is 10.6 Å². The molecule has 8 heteroatoms. The first-order valence-electron chi connectivity index (χ1n) is 15.2. The summed E-state index contributed by atoms with van der Waals surface area (Å²) in [6.07, 6.45) is 2.24. The number of carbonyl (C=O) groups excluding carboxylic acids is 2. The summed E-state index contributed by atoms with van der Waals surface area (Å²) in [5.74, 6) is 0.0344. The first-order chi connectivity index (χ1) is 18.1. The van der Waals surface area contributed by atoms with Gasteiger partial charge in [-0.3, -0.25) is 9.59 Å². The Morgan fingerprint density at radius 1 is 0.700 bits per heavy atom. The maximum atomic E-state index is 12.9. The molecule has 0 aliphatic carbocycles. The van der Waals surface area contributed by atoms with Crippen molar-refractivity contribution in [1.29, 1.82) is 0 Å². The van der Waals surface area contributed by atoms with Gasteiger partial charge in [-0.25, -0.2) is 0 Å². The van der Waals surface area contributed by atoms with Crippen molar-refractivity contribution in [2.45, 2.75) is 128 Å². The Bertz CT molecular complexity index is 715. The molecule has 0 spiro atoms. The van der Waals surface area contributed by atoms with Crippen LogP contribution >= 0.6 is 0 Å². The van der Waals surface area contributed by atoms with Gasteiger partial charge in [-0.2, -0.15) is 0 Å². The van der Waals surface area contributed by atoms with E-state index in [1.807, 2.05) is 69.2 Å². The molecule has 0 aliphatic heterocycles. The molecule has 0 rings (SSSR count). The summed E-state index contributed by atoms with van der Waals surface area (Å²) in [6.45, 7) is 31.8. The first-order valence-corrected chi connectivity index (χ1v) is 15.2. The molecular formula is C32H67N3O5. The highest BCUT2D eigenvalue weighted by Gasteiger charge is 2.32. The number of ether oxygens (including phenoxy) is 3. The second-order valence-corrected chi connectivity index (χ2v) is 14.5. The zero-order valence-electron chi connectivity index (χ0n) is 28.8. The Hall–Kier alpha value is -1.22. The topological polar surface area (TPSA) is 112 Å². The molecular weight excluding hydrogens is 506 g/mol. The smallest absolute Gasteiger partial charge is 0.225 e. The number of hydrogen-bond acceptors (Lipinski definition) is 6. The van der Waals surface area contributed by atoms with Crippen LogP contribution in [-0.4, -0.2) is 69.6 Å². The lowest BCUT2D eigenvalue weighted by Crippen LogP contribution is -2.45. The minimum Gasteiger partial charge on any atom is -0.380 e. The van der Waals surface area contributed by atoms with E-state index in [9.17, 15) is 9.59 Å². The maximum absolute atomic E-state index is 12.9. The fourth-order valence-electron chi connectivity index (χ4n) is 3.60. The quantitative estimate of drug-likeness (QED) is 0.172. The Morgan fingerprint density at radius 3 is 1.48 bits per heavy atom. The molecule has 0 saturated heterocycles. The van der Waals surface area contributed by atoms with Crippen molar-refractivity contribution in [2.75, 3.05) is 46.1 Å². The molecule has 0 unspecified atom stereocenters. The van der Waals surface area contributed by atoms with Gasteiger partial charge < -0.3 is 30.6 Å². The van der Waals surface area contributed by atoms with Gasteiger partial charge in [0.15, 0.2) is 0 Å². The fourth-order valence-corrected chi connectivity index (χ4v) is 3.60. The third-order valence-electron chi connectivity index (χ3n) is 6.81. The van der Waals surface area contributed by atoms with E-state index in [4.69, 9.17) is 19.9 Å². The van der Waals surface area contributed by atoms with Gasteiger partial charge in [0, 0.05) is 48.0 Å². The Balaban J connectivity index is 0. The molecule has 0 heterocycles. The number of nitrogens with two attached hydrogens (primary N) is 1. The SMILES string of the molecule is CC.CC(C)OCCC(C)(C)C(=O)NCC(C)(C)COCC(C)(C)CNC(=O)C(C)(C)CCOC(C)(C)CCN. The van der Waals surface area contributed by atoms with Crippen LogP contribution in [0.1, 0.15) is 116 Å². The molecule has 0 fully saturated rings. The van der Waals surface area contributed by atoms with Crippen LogP contribution < -0.4 is 16.4 Å². The van der Waals surface area contributed by atoms with Gasteiger partial charge in [0.1, 0.15) is 0 Å². The van der Waals surface area contributed by atoms with Crippen molar-refractivity contribution >= 4 is 11.8 Å². The second-order valence-electron chi connectivity index (χ2n) is 14.5. The molecule has 0 aliphatic rings. The van der Waals surface area contributed by atoms with Crippen LogP contribution in [0.25, 0.3) is 0 Å². The average molecular weight is 574 g/mol. The number of hydrogen-bond donors (Lipinski definition) is 3. The van der Waals surface area contributed by atoms with Gasteiger partial charge in [0.25, 0.3) is 0 Å². The van der Waals surface area contributed by atoms with Crippen molar-refractivity contribution in [3.8, 4) is 0 Å². The van der Waals surface area contributed by atoms with Gasteiger partial charge in [0.05, 0.1) is 24.9 Å². The summed E-state index contributed by atoms with van der Waals surface area (Å²) in [7, 11) is 0. The van der Waals surface area contributed by atoms with Crippen LogP contribution in [0.15, 0.2) is 0 Å². The largest absolute Gasteiger partial charge is 0.380 e. The third-order valence-corrected chi connectivity index (χ3v) is 6.81. The molecule has 2 amide bonds. The minimum absolute atomic E-state index is 0.00950. The van der Waals surface area contributed by atoms with E-state index < -0.39 is 10.8 Å². The summed E-state index contributed by atoms with van der Waals surface area (Å²) < 4.78 is 17.6. The lowest BCUT2D eigenvalue weighted by molar-refractivity contribution is -0.132. The molecule has 8 nitrogen and oxygen atoms in total. The van der Waals surface area contributed by atoms with Crippen LogP contribution in [0.4, 0.5) is 0 Å². The molecule has 0 saturated carbocycles. The predicted octanol–water partition coefficient (Wildman–Crippen LogP) is 5.72. The van der Waals surface area contributed by atoms with Gasteiger partial charge in [-0.1, -0.05) is 69.2 Å². The first kappa shape index (κ1) is 40.9. The molecule has 240 valence electrons. The van der Waals surface area contributed by atoms with E-state index >= 15 is 0 Å². The average Bonchev–Trinajstić information content (AvgIpc) is 2.81. The monoisotopic (exact) mass is 574 g/mol. The highest BCUT2D eigenvalue weighted by atomic mass is 16.5. The molecule has 0 aromatic carbocycles. The van der Waals surface area contributed by atoms with E-state index in [1.54, 1.807) is 0 Å². The van der Waals surface area contributed by atoms with Crippen LogP contribution in [-0.2, 0) is 23.8 Å². The molecule has 0 radical (unpaired) electrons. The zero-order valence-corrected chi connectivity index (χ0v) is 28.8. The number of amides is 2. The zero-order chi connectivity index (χ0) is 31.8. The maximum Gasteiger partial charge on any atom is 0.225 e. The molecule has 0 atom stereocenters. The standard InChI is InChI=1S/C30H61N3O5.C2H6/c1-23(2)37-17-14-28(7,8)24(34)32-19-26(3,4)21-36-22-27(5,6)20-33-25(35)29(9,10)15-18-38-30(11,12)13-16-31;1-2/h23H,13-22,31H2,1-12H3,(H,32,34)(H,33,35);1-2H3. The van der Waals surface area contributed by atoms with Crippen LogP contribution in [0.5, 0.6) is 0 Å². The highest BCUT2D eigenvalue weighted by molar-refractivity contribution is 5.82. The van der Waals surface area contributed by atoms with Crippen molar-refractivity contribution in [3.05, 3.63) is 0 Å². The normalized spacial score (nSPS) is 13.1. The van der Waals surface area contributed by atoms with Crippen LogP contribution in [0, 0.1) is 21.7 Å². The minimum atomic E-state index is -0.537. The van der Waals surface area contributed by atoms with E-state index in [2.05, 4.69) is 38.3 Å². The van der Waals surface area contributed by atoms with Gasteiger partial charge in [-0.05, 0) is 53.5 Å². The number of nitrogens with one attached hydrogen (secondary N) is 2. The lowest BCUT2D eigenvalue weighted by Gasteiger charge is -2.32. The van der Waals surface area contributed by atoms with E-state index in [0.29, 0.717) is 58.9 Å². The number of rotatable bonds is 20. The molecule has 0 bridgehead atoms. The van der Waals surface area contributed by atoms with Crippen LogP contribution in [0.2, 0.25) is 0 Å². The molecule has 40 heavy (non-hydrogen) atoms. The summed E-state index contributed by atoms with van der Waals surface area (Å²) >= 11 is 0. The van der Waals surface area contributed by atoms with Crippen molar-refractivity contribution in [2.24, 2.45) is 27.4 Å². The van der Waals surface area contributed by atoms with E-state index in [1.165, 1.54) is 0 Å². The van der Waals surface area contributed by atoms with Crippen LogP contribution in [0.3, 0.4) is 0 Å². The fraction of sp³-hybridized carbons (Fsp3) is 0.938. The van der Waals surface area contributed by atoms with Crippen molar-refractivity contribution in [3.63, 3.8) is 0 Å². The predicted molar refractivity (Wildman–Crippen MR) is 167 cm³/mol. The van der Waals surface area contributed by atoms with Gasteiger partial charge in [-0.15, -0.1) is 0 Å². The van der Waals surface area contributed by atoms with Crippen molar-refractivity contribution < 1.29 is 23.8 Å². The highest BCUT2D eigenvalue weighted by Crippen LogP contribution is 2.25. The summed E-state index contributed by atoms with van der Waals surface area (Å²) in [5.41, 5.74) is 3.88. The summed E-state index contributed by atoms with van der Waals surface area (Å²) in [5, 5.41) is 6.19. The second kappa shape index (κ2) is 18.3. The third kappa shape index (κ3) is 19.0. The Morgan fingerprint density at radius 2 is 1.10 bits per heavy atom. The number of carbonyl (C=O) groups is 2. The molecule has 0 aromatic rings.